The van der Waals surface area contributed by atoms with Gasteiger partial charge in [0.25, 0.3) is 0 Å². The van der Waals surface area contributed by atoms with Crippen molar-refractivity contribution in [1.82, 2.24) is 0 Å². The highest BCUT2D eigenvalue weighted by Gasteiger charge is 2.12. The molecular formula is C34H39N. The zero-order chi connectivity index (χ0) is 25.5. The molecule has 0 N–H and O–H groups in total. The van der Waals surface area contributed by atoms with Crippen molar-refractivity contribution >= 4 is 17.8 Å². The first-order valence-corrected chi connectivity index (χ1v) is 12.5. The summed E-state index contributed by atoms with van der Waals surface area (Å²) in [7, 11) is 2.12. The molecule has 3 aromatic rings. The first kappa shape index (κ1) is 26.0. The van der Waals surface area contributed by atoms with Gasteiger partial charge in [0, 0.05) is 18.4 Å². The fraction of sp³-hybridized carbons (Fsp3) is 0.235. The van der Waals surface area contributed by atoms with Crippen LogP contribution >= 0.6 is 0 Å². The van der Waals surface area contributed by atoms with E-state index in [1.54, 1.807) is 0 Å². The van der Waals surface area contributed by atoms with Gasteiger partial charge in [-0.3, -0.25) is 0 Å². The van der Waals surface area contributed by atoms with Crippen molar-refractivity contribution in [3.8, 4) is 0 Å². The van der Waals surface area contributed by atoms with E-state index >= 15 is 0 Å². The molecule has 0 aromatic heterocycles. The Morgan fingerprint density at radius 3 is 2.20 bits per heavy atom. The van der Waals surface area contributed by atoms with E-state index in [1.807, 2.05) is 6.08 Å². The zero-order valence-corrected chi connectivity index (χ0v) is 22.3. The fourth-order valence-electron chi connectivity index (χ4n) is 4.49. The van der Waals surface area contributed by atoms with Crippen LogP contribution in [0.15, 0.2) is 96.7 Å². The third kappa shape index (κ3) is 6.31. The summed E-state index contributed by atoms with van der Waals surface area (Å²) in [5, 5.41) is 2.29. The Hall–Kier alpha value is -3.58. The van der Waals surface area contributed by atoms with Gasteiger partial charge in [-0.15, -0.1) is 0 Å². The highest BCUT2D eigenvalue weighted by atomic mass is 15.1. The number of aryl methyl sites for hydroxylation is 3. The van der Waals surface area contributed by atoms with Crippen molar-refractivity contribution in [3.05, 3.63) is 135 Å². The number of hydrogen-bond acceptors (Lipinski definition) is 1. The van der Waals surface area contributed by atoms with Crippen LogP contribution in [0, 0.1) is 20.8 Å². The Morgan fingerprint density at radius 1 is 0.886 bits per heavy atom. The van der Waals surface area contributed by atoms with E-state index in [2.05, 4.69) is 133 Å². The maximum Gasteiger partial charge on any atom is 0.0405 e. The molecule has 180 valence electrons. The van der Waals surface area contributed by atoms with E-state index in [1.165, 1.54) is 49.9 Å². The van der Waals surface area contributed by atoms with Gasteiger partial charge in [0.2, 0.25) is 0 Å². The van der Waals surface area contributed by atoms with E-state index in [9.17, 15) is 0 Å². The molecule has 0 heterocycles. The summed E-state index contributed by atoms with van der Waals surface area (Å²) in [4.78, 5) is 2.23. The minimum Gasteiger partial charge on any atom is -0.348 e. The molecule has 3 rings (SSSR count). The number of hydrogen-bond donors (Lipinski definition) is 0. The summed E-state index contributed by atoms with van der Waals surface area (Å²) in [5.74, 6) is 0. The first-order chi connectivity index (χ1) is 16.7. The summed E-state index contributed by atoms with van der Waals surface area (Å²) in [6.45, 7) is 18.9. The Balaban J connectivity index is 2.08. The van der Waals surface area contributed by atoms with E-state index < -0.39 is 0 Å². The molecule has 0 aliphatic carbocycles. The van der Waals surface area contributed by atoms with Crippen LogP contribution in [-0.4, -0.2) is 7.05 Å². The number of anilines is 1. The maximum absolute atomic E-state index is 4.12. The predicted octanol–water partition coefficient (Wildman–Crippen LogP) is 7.52. The average Bonchev–Trinajstić information content (AvgIpc) is 2.84. The second-order valence-electron chi connectivity index (χ2n) is 9.45. The molecule has 1 heteroatoms. The predicted molar refractivity (Wildman–Crippen MR) is 155 cm³/mol. The Bertz CT molecular complexity index is 1370. The van der Waals surface area contributed by atoms with Crippen molar-refractivity contribution in [3.63, 3.8) is 0 Å². The Labute approximate surface area is 212 Å². The van der Waals surface area contributed by atoms with E-state index in [-0.39, 0.29) is 0 Å². The highest BCUT2D eigenvalue weighted by Crippen LogP contribution is 2.27. The Morgan fingerprint density at radius 2 is 1.60 bits per heavy atom. The lowest BCUT2D eigenvalue weighted by Gasteiger charge is -2.21. The van der Waals surface area contributed by atoms with Crippen LogP contribution < -0.4 is 15.3 Å². The largest absolute Gasteiger partial charge is 0.348 e. The van der Waals surface area contributed by atoms with Crippen molar-refractivity contribution in [2.24, 2.45) is 0 Å². The van der Waals surface area contributed by atoms with Gasteiger partial charge in [0.05, 0.1) is 0 Å². The number of nitrogens with zero attached hydrogens (tertiary/aromatic N) is 1. The fourth-order valence-corrected chi connectivity index (χ4v) is 4.49. The molecule has 0 aliphatic rings. The van der Waals surface area contributed by atoms with Crippen LogP contribution in [-0.2, 0) is 0 Å². The van der Waals surface area contributed by atoms with Gasteiger partial charge in [0.15, 0.2) is 0 Å². The zero-order valence-electron chi connectivity index (χ0n) is 22.3. The smallest absolute Gasteiger partial charge is 0.0405 e. The van der Waals surface area contributed by atoms with E-state index in [0.29, 0.717) is 0 Å². The molecule has 0 bridgehead atoms. The summed E-state index contributed by atoms with van der Waals surface area (Å²) < 4.78 is 0. The lowest BCUT2D eigenvalue weighted by Crippen LogP contribution is -2.17. The van der Waals surface area contributed by atoms with E-state index in [4.69, 9.17) is 0 Å². The van der Waals surface area contributed by atoms with Gasteiger partial charge in [0.1, 0.15) is 0 Å². The van der Waals surface area contributed by atoms with Crippen molar-refractivity contribution in [2.45, 2.75) is 47.5 Å². The van der Waals surface area contributed by atoms with Gasteiger partial charge in [-0.1, -0.05) is 92.7 Å². The normalized spacial score (nSPS) is 13.0. The summed E-state index contributed by atoms with van der Waals surface area (Å²) in [6, 6.07) is 22.1. The lowest BCUT2D eigenvalue weighted by atomic mass is 9.90. The van der Waals surface area contributed by atoms with Crippen LogP contribution in [0.2, 0.25) is 0 Å². The minimum atomic E-state index is 1.04. The molecule has 0 unspecified atom stereocenters. The topological polar surface area (TPSA) is 3.24 Å². The van der Waals surface area contributed by atoms with Crippen LogP contribution in [0.25, 0.3) is 12.2 Å². The quantitative estimate of drug-likeness (QED) is 0.314. The minimum absolute atomic E-state index is 1.04. The van der Waals surface area contributed by atoms with Gasteiger partial charge in [-0.2, -0.15) is 0 Å². The standard InChI is InChI=1S/C34H39N/c1-9-11-29(10-2)15-14-28(7)35(8)31-18-16-30(17-19-31)34(32-20-12-24(3)22-26(32)5)33-21-13-25(4)23-27(33)6/h10,12-23H,2-3,9,11H2,1,4-8H3/b28-14+,29-15+,34-32-. The third-order valence-electron chi connectivity index (χ3n) is 6.62. The number of rotatable bonds is 8. The van der Waals surface area contributed by atoms with Crippen molar-refractivity contribution < 1.29 is 0 Å². The maximum atomic E-state index is 4.12. The van der Waals surface area contributed by atoms with Crippen molar-refractivity contribution in [2.75, 3.05) is 11.9 Å². The second-order valence-corrected chi connectivity index (χ2v) is 9.45. The highest BCUT2D eigenvalue weighted by molar-refractivity contribution is 5.82. The van der Waals surface area contributed by atoms with Crippen LogP contribution in [0.4, 0.5) is 5.69 Å². The molecule has 0 spiro atoms. The molecule has 1 nitrogen and oxygen atoms in total. The Kier molecular flexibility index (Phi) is 8.71. The lowest BCUT2D eigenvalue weighted by molar-refractivity contribution is 0.926. The summed E-state index contributed by atoms with van der Waals surface area (Å²) >= 11 is 0. The summed E-state index contributed by atoms with van der Waals surface area (Å²) in [6.07, 6.45) is 8.49. The van der Waals surface area contributed by atoms with Crippen LogP contribution in [0.3, 0.4) is 0 Å². The van der Waals surface area contributed by atoms with Crippen LogP contribution in [0.5, 0.6) is 0 Å². The van der Waals surface area contributed by atoms with Gasteiger partial charge < -0.3 is 4.90 Å². The molecule has 0 radical (unpaired) electrons. The average molecular weight is 462 g/mol. The first-order valence-electron chi connectivity index (χ1n) is 12.5. The SMILES string of the molecule is C=C/C(=C\C=C(/C)N(C)c1ccc(/C(c2ccc(C)cc2C)=c2\ccc(=C)cc2C)cc1)CCC. The molecule has 0 fully saturated rings. The molecule has 35 heavy (non-hydrogen) atoms. The summed E-state index contributed by atoms with van der Waals surface area (Å²) in [5.41, 5.74) is 11.2. The number of allylic oxidation sites excluding steroid dienone is 5. The van der Waals surface area contributed by atoms with Crippen molar-refractivity contribution in [1.29, 1.82) is 0 Å². The molecule has 0 saturated carbocycles. The molecular weight excluding hydrogens is 422 g/mol. The van der Waals surface area contributed by atoms with Gasteiger partial charge >= 0.3 is 0 Å². The van der Waals surface area contributed by atoms with Gasteiger partial charge in [-0.25, -0.2) is 0 Å². The molecule has 0 atom stereocenters. The molecule has 3 aromatic carbocycles. The molecule has 0 amide bonds. The van der Waals surface area contributed by atoms with E-state index in [0.717, 1.165) is 23.7 Å². The second kappa shape index (κ2) is 11.7. The number of benzene rings is 3. The monoisotopic (exact) mass is 461 g/mol. The van der Waals surface area contributed by atoms with Gasteiger partial charge in [-0.05, 0) is 96.2 Å². The third-order valence-corrected chi connectivity index (χ3v) is 6.62. The molecule has 0 aliphatic heterocycles. The van der Waals surface area contributed by atoms with Crippen LogP contribution in [0.1, 0.15) is 54.5 Å². The molecule has 0 saturated heterocycles.